The molecule has 1 aromatic carbocycles. The zero-order chi connectivity index (χ0) is 18.0. The van der Waals surface area contributed by atoms with Crippen LogP contribution in [0, 0.1) is 5.92 Å². The minimum Gasteiger partial charge on any atom is -0.349 e. The summed E-state index contributed by atoms with van der Waals surface area (Å²) >= 11 is 6.21. The van der Waals surface area contributed by atoms with E-state index in [-0.39, 0.29) is 36.2 Å². The molecule has 1 aromatic rings. The molecule has 3 rings (SSSR count). The second-order valence-electron chi connectivity index (χ2n) is 7.62. The minimum atomic E-state index is -0.170. The van der Waals surface area contributed by atoms with Crippen LogP contribution in [0.15, 0.2) is 18.2 Å². The molecule has 0 saturated carbocycles. The summed E-state index contributed by atoms with van der Waals surface area (Å²) in [7, 11) is 0. The Labute approximate surface area is 166 Å². The fourth-order valence-corrected chi connectivity index (χ4v) is 4.00. The molecule has 7 heteroatoms. The first kappa shape index (κ1) is 21.0. The van der Waals surface area contributed by atoms with E-state index >= 15 is 0 Å². The van der Waals surface area contributed by atoms with Gasteiger partial charge in [0.05, 0.1) is 10.6 Å². The number of anilines is 1. The largest absolute Gasteiger partial charge is 0.349 e. The van der Waals surface area contributed by atoms with Gasteiger partial charge < -0.3 is 16.0 Å². The van der Waals surface area contributed by atoms with Gasteiger partial charge in [0.15, 0.2) is 0 Å². The van der Waals surface area contributed by atoms with Crippen LogP contribution in [0.5, 0.6) is 0 Å². The molecule has 2 aliphatic rings. The Hall–Kier alpha value is -1.30. The predicted octanol–water partition coefficient (Wildman–Crippen LogP) is 3.76. The molecule has 0 aromatic heterocycles. The molecule has 2 aliphatic heterocycles. The third-order valence-corrected chi connectivity index (χ3v) is 5.23. The first-order valence-corrected chi connectivity index (χ1v) is 9.45. The van der Waals surface area contributed by atoms with Crippen LogP contribution in [0.3, 0.4) is 0 Å². The molecular formula is C19H27Cl2N3O2. The smallest absolute Gasteiger partial charge is 0.253 e. The first-order chi connectivity index (χ1) is 11.9. The number of halogens is 2. The maximum absolute atomic E-state index is 12.7. The molecule has 0 aliphatic carbocycles. The fraction of sp³-hybridized carbons (Fsp3) is 0.579. The number of benzene rings is 1. The Balaban J connectivity index is 0.00000243. The van der Waals surface area contributed by atoms with Crippen molar-refractivity contribution in [2.45, 2.75) is 64.1 Å². The van der Waals surface area contributed by atoms with Crippen molar-refractivity contribution < 1.29 is 9.59 Å². The lowest BCUT2D eigenvalue weighted by Crippen LogP contribution is -2.48. The summed E-state index contributed by atoms with van der Waals surface area (Å²) in [5, 5.41) is 9.91. The molecule has 144 valence electrons. The van der Waals surface area contributed by atoms with Crippen LogP contribution in [0.25, 0.3) is 0 Å². The van der Waals surface area contributed by atoms with Gasteiger partial charge in [0.2, 0.25) is 5.91 Å². The van der Waals surface area contributed by atoms with Crippen molar-refractivity contribution >= 4 is 41.5 Å². The zero-order valence-corrected chi connectivity index (χ0v) is 16.8. The number of hydrogen-bond acceptors (Lipinski definition) is 3. The highest BCUT2D eigenvalue weighted by molar-refractivity contribution is 6.34. The monoisotopic (exact) mass is 399 g/mol. The van der Waals surface area contributed by atoms with E-state index in [0.717, 1.165) is 12.8 Å². The maximum atomic E-state index is 12.7. The standard InChI is InChI=1S/C19H26ClN3O2.ClH/c1-11(2)7-18(24)22-14-5-6-17(20)16(10-14)19(25)23-15-8-12-3-4-13(9-15)21-12;/h5-6,10-13,15,21H,3-4,7-9H2,1-2H3,(H,22,24)(H,23,25);1H. The third kappa shape index (κ3) is 5.35. The Bertz CT molecular complexity index is 654. The van der Waals surface area contributed by atoms with E-state index in [2.05, 4.69) is 16.0 Å². The molecular weight excluding hydrogens is 373 g/mol. The van der Waals surface area contributed by atoms with Crippen LogP contribution in [-0.4, -0.2) is 29.9 Å². The highest BCUT2D eigenvalue weighted by Gasteiger charge is 2.34. The van der Waals surface area contributed by atoms with Crippen LogP contribution in [0.1, 0.15) is 56.3 Å². The van der Waals surface area contributed by atoms with Gasteiger partial charge in [0.1, 0.15) is 0 Å². The van der Waals surface area contributed by atoms with Crippen molar-refractivity contribution in [1.29, 1.82) is 0 Å². The lowest BCUT2D eigenvalue weighted by molar-refractivity contribution is -0.116. The second-order valence-corrected chi connectivity index (χ2v) is 8.03. The van der Waals surface area contributed by atoms with Gasteiger partial charge in [-0.1, -0.05) is 25.4 Å². The fourth-order valence-electron chi connectivity index (χ4n) is 3.80. The average molecular weight is 400 g/mol. The van der Waals surface area contributed by atoms with E-state index in [1.54, 1.807) is 18.2 Å². The van der Waals surface area contributed by atoms with Gasteiger partial charge in [-0.2, -0.15) is 0 Å². The molecule has 2 fully saturated rings. The highest BCUT2D eigenvalue weighted by Crippen LogP contribution is 2.27. The summed E-state index contributed by atoms with van der Waals surface area (Å²) < 4.78 is 0. The van der Waals surface area contributed by atoms with E-state index in [9.17, 15) is 9.59 Å². The normalized spacial score (nSPS) is 24.1. The van der Waals surface area contributed by atoms with Gasteiger partial charge in [0, 0.05) is 30.2 Å². The number of carbonyl (C=O) groups excluding carboxylic acids is 2. The van der Waals surface area contributed by atoms with E-state index in [0.29, 0.717) is 34.8 Å². The van der Waals surface area contributed by atoms with Crippen molar-refractivity contribution in [3.63, 3.8) is 0 Å². The van der Waals surface area contributed by atoms with Crippen molar-refractivity contribution in [1.82, 2.24) is 10.6 Å². The van der Waals surface area contributed by atoms with Gasteiger partial charge in [-0.3, -0.25) is 9.59 Å². The Kier molecular flexibility index (Phi) is 7.33. The molecule has 2 unspecified atom stereocenters. The number of fused-ring (bicyclic) bond motifs is 2. The lowest BCUT2D eigenvalue weighted by atomic mass is 9.99. The van der Waals surface area contributed by atoms with Crippen molar-refractivity contribution in [2.75, 3.05) is 5.32 Å². The van der Waals surface area contributed by atoms with Gasteiger partial charge in [-0.25, -0.2) is 0 Å². The second kappa shape index (κ2) is 9.07. The van der Waals surface area contributed by atoms with Crippen LogP contribution >= 0.6 is 24.0 Å². The lowest BCUT2D eigenvalue weighted by Gasteiger charge is -2.29. The summed E-state index contributed by atoms with van der Waals surface area (Å²) in [4.78, 5) is 24.6. The van der Waals surface area contributed by atoms with Crippen LogP contribution in [0.2, 0.25) is 5.02 Å². The molecule has 0 spiro atoms. The predicted molar refractivity (Wildman–Crippen MR) is 107 cm³/mol. The Morgan fingerprint density at radius 1 is 1.23 bits per heavy atom. The number of rotatable bonds is 5. The van der Waals surface area contributed by atoms with E-state index < -0.39 is 0 Å². The molecule has 2 heterocycles. The van der Waals surface area contributed by atoms with Crippen LogP contribution in [0.4, 0.5) is 5.69 Å². The molecule has 26 heavy (non-hydrogen) atoms. The minimum absolute atomic E-state index is 0. The summed E-state index contributed by atoms with van der Waals surface area (Å²) in [5.74, 6) is 0.0558. The Morgan fingerprint density at radius 3 is 2.50 bits per heavy atom. The van der Waals surface area contributed by atoms with E-state index in [1.807, 2.05) is 13.8 Å². The van der Waals surface area contributed by atoms with Gasteiger partial charge >= 0.3 is 0 Å². The number of carbonyl (C=O) groups is 2. The number of piperidine rings is 1. The molecule has 3 N–H and O–H groups in total. The molecule has 2 bridgehead atoms. The van der Waals surface area contributed by atoms with E-state index in [4.69, 9.17) is 11.6 Å². The molecule has 2 atom stereocenters. The van der Waals surface area contributed by atoms with E-state index in [1.165, 1.54) is 12.8 Å². The first-order valence-electron chi connectivity index (χ1n) is 9.07. The van der Waals surface area contributed by atoms with Gasteiger partial charge in [-0.15, -0.1) is 12.4 Å². The van der Waals surface area contributed by atoms with Crippen LogP contribution < -0.4 is 16.0 Å². The van der Waals surface area contributed by atoms with Crippen LogP contribution in [-0.2, 0) is 4.79 Å². The number of nitrogens with one attached hydrogen (secondary N) is 3. The quantitative estimate of drug-likeness (QED) is 0.705. The molecule has 0 radical (unpaired) electrons. The summed E-state index contributed by atoms with van der Waals surface area (Å²) in [5.41, 5.74) is 1.01. The zero-order valence-electron chi connectivity index (χ0n) is 15.2. The van der Waals surface area contributed by atoms with Gasteiger partial charge in [0.25, 0.3) is 5.91 Å². The number of hydrogen-bond donors (Lipinski definition) is 3. The van der Waals surface area contributed by atoms with Crippen molar-refractivity contribution in [3.05, 3.63) is 28.8 Å². The molecule has 2 amide bonds. The molecule has 2 saturated heterocycles. The summed E-state index contributed by atoms with van der Waals surface area (Å²) in [6, 6.07) is 6.25. The van der Waals surface area contributed by atoms with Gasteiger partial charge in [-0.05, 0) is 49.8 Å². The number of amides is 2. The SMILES string of the molecule is CC(C)CC(=O)Nc1ccc(Cl)c(C(=O)NC2CC3CCC(C2)N3)c1.Cl. The topological polar surface area (TPSA) is 70.2 Å². The summed E-state index contributed by atoms with van der Waals surface area (Å²) in [6.45, 7) is 3.99. The van der Waals surface area contributed by atoms with Crippen molar-refractivity contribution in [2.24, 2.45) is 5.92 Å². The molecule has 5 nitrogen and oxygen atoms in total. The average Bonchev–Trinajstić information content (AvgIpc) is 2.87. The third-order valence-electron chi connectivity index (χ3n) is 4.90. The highest BCUT2D eigenvalue weighted by atomic mass is 35.5. The summed E-state index contributed by atoms with van der Waals surface area (Å²) in [6.07, 6.45) is 4.75. The maximum Gasteiger partial charge on any atom is 0.253 e. The van der Waals surface area contributed by atoms with Crippen molar-refractivity contribution in [3.8, 4) is 0 Å². The Morgan fingerprint density at radius 2 is 1.88 bits per heavy atom.